The first-order valence-corrected chi connectivity index (χ1v) is 5.46. The van der Waals surface area contributed by atoms with Gasteiger partial charge in [-0.15, -0.1) is 0 Å². The highest BCUT2D eigenvalue weighted by molar-refractivity contribution is 9.10. The molecule has 0 saturated carbocycles. The van der Waals surface area contributed by atoms with Gasteiger partial charge in [0.15, 0.2) is 0 Å². The fourth-order valence-corrected chi connectivity index (χ4v) is 2.01. The number of anilines is 1. The lowest BCUT2D eigenvalue weighted by Crippen LogP contribution is -1.90. The van der Waals surface area contributed by atoms with Crippen LogP contribution in [0.3, 0.4) is 0 Å². The van der Waals surface area contributed by atoms with E-state index in [4.69, 9.17) is 5.73 Å². The van der Waals surface area contributed by atoms with E-state index < -0.39 is 0 Å². The van der Waals surface area contributed by atoms with Gasteiger partial charge < -0.3 is 5.73 Å². The predicted molar refractivity (Wildman–Crippen MR) is 55.8 cm³/mol. The van der Waals surface area contributed by atoms with Gasteiger partial charge in [-0.2, -0.15) is 11.8 Å². The molecule has 1 aromatic carbocycles. The Morgan fingerprint density at radius 3 is 2.91 bits per heavy atom. The average molecular weight is 232 g/mol. The third kappa shape index (κ3) is 2.14. The summed E-state index contributed by atoms with van der Waals surface area (Å²) in [5.74, 6) is 1.01. The van der Waals surface area contributed by atoms with Gasteiger partial charge in [0.05, 0.1) is 0 Å². The molecule has 1 nitrogen and oxygen atoms in total. The number of hydrogen-bond acceptors (Lipinski definition) is 2. The second kappa shape index (κ2) is 4.02. The van der Waals surface area contributed by atoms with E-state index >= 15 is 0 Å². The molecule has 0 heterocycles. The lowest BCUT2D eigenvalue weighted by molar-refractivity contribution is 1.39. The summed E-state index contributed by atoms with van der Waals surface area (Å²) in [6, 6.07) is 5.95. The van der Waals surface area contributed by atoms with Gasteiger partial charge in [-0.25, -0.2) is 0 Å². The maximum Gasteiger partial charge on any atom is 0.0461 e. The molecule has 1 rings (SSSR count). The minimum absolute atomic E-state index is 0.816. The first-order valence-electron chi connectivity index (χ1n) is 3.27. The SMILES string of the molecule is CSCc1cccc(N)c1Br. The monoisotopic (exact) mass is 231 g/mol. The van der Waals surface area contributed by atoms with Gasteiger partial charge >= 0.3 is 0 Å². The van der Waals surface area contributed by atoms with E-state index in [1.54, 1.807) is 11.8 Å². The van der Waals surface area contributed by atoms with Crippen molar-refractivity contribution in [3.63, 3.8) is 0 Å². The lowest BCUT2D eigenvalue weighted by atomic mass is 10.2. The summed E-state index contributed by atoms with van der Waals surface area (Å²) in [5, 5.41) is 0. The zero-order valence-corrected chi connectivity index (χ0v) is 8.71. The van der Waals surface area contributed by atoms with Crippen molar-refractivity contribution in [2.75, 3.05) is 12.0 Å². The molecule has 0 saturated heterocycles. The van der Waals surface area contributed by atoms with Crippen LogP contribution < -0.4 is 5.73 Å². The highest BCUT2D eigenvalue weighted by atomic mass is 79.9. The van der Waals surface area contributed by atoms with Crippen LogP contribution in [0.2, 0.25) is 0 Å². The molecular weight excluding hydrogens is 222 g/mol. The first kappa shape index (κ1) is 8.94. The van der Waals surface area contributed by atoms with Gasteiger partial charge in [0, 0.05) is 15.9 Å². The van der Waals surface area contributed by atoms with Crippen LogP contribution >= 0.6 is 27.7 Å². The summed E-state index contributed by atoms with van der Waals surface area (Å²) < 4.78 is 1.04. The molecule has 0 bridgehead atoms. The number of benzene rings is 1. The van der Waals surface area contributed by atoms with E-state index in [2.05, 4.69) is 28.3 Å². The number of rotatable bonds is 2. The summed E-state index contributed by atoms with van der Waals surface area (Å²) >= 11 is 5.23. The largest absolute Gasteiger partial charge is 0.398 e. The van der Waals surface area contributed by atoms with Crippen LogP contribution in [0, 0.1) is 0 Å². The van der Waals surface area contributed by atoms with Crippen LogP contribution in [0.4, 0.5) is 5.69 Å². The molecule has 60 valence electrons. The standard InChI is InChI=1S/C8H10BrNS/c1-11-5-6-3-2-4-7(10)8(6)9/h2-4H,5,10H2,1H3. The quantitative estimate of drug-likeness (QED) is 0.793. The number of thioether (sulfide) groups is 1. The summed E-state index contributed by atoms with van der Waals surface area (Å²) in [7, 11) is 0. The summed E-state index contributed by atoms with van der Waals surface area (Å²) in [5.41, 5.74) is 7.77. The van der Waals surface area contributed by atoms with Crippen LogP contribution in [0.5, 0.6) is 0 Å². The van der Waals surface area contributed by atoms with E-state index in [9.17, 15) is 0 Å². The molecule has 0 atom stereocenters. The third-order valence-corrected chi connectivity index (χ3v) is 2.98. The second-order valence-electron chi connectivity index (χ2n) is 2.25. The lowest BCUT2D eigenvalue weighted by Gasteiger charge is -2.03. The Labute approximate surface area is 79.5 Å². The van der Waals surface area contributed by atoms with Crippen molar-refractivity contribution in [2.24, 2.45) is 0 Å². The zero-order chi connectivity index (χ0) is 8.27. The molecule has 2 N–H and O–H groups in total. The Morgan fingerprint density at radius 2 is 2.27 bits per heavy atom. The normalized spacial score (nSPS) is 10.0. The smallest absolute Gasteiger partial charge is 0.0461 e. The van der Waals surface area contributed by atoms with Crippen molar-refractivity contribution in [1.29, 1.82) is 0 Å². The molecule has 1 aromatic rings. The van der Waals surface area contributed by atoms with Crippen LogP contribution in [0.25, 0.3) is 0 Å². The molecule has 0 radical (unpaired) electrons. The molecule has 0 fully saturated rings. The average Bonchev–Trinajstić information content (AvgIpc) is 1.99. The fraction of sp³-hybridized carbons (Fsp3) is 0.250. The first-order chi connectivity index (χ1) is 5.25. The summed E-state index contributed by atoms with van der Waals surface area (Å²) in [6.45, 7) is 0. The van der Waals surface area contributed by atoms with Crippen LogP contribution in [-0.4, -0.2) is 6.26 Å². The molecule has 0 unspecified atom stereocenters. The van der Waals surface area contributed by atoms with Gasteiger partial charge in [-0.05, 0) is 33.8 Å². The van der Waals surface area contributed by atoms with Crippen molar-refractivity contribution >= 4 is 33.4 Å². The fourth-order valence-electron chi connectivity index (χ4n) is 0.867. The Bertz CT molecular complexity index is 250. The topological polar surface area (TPSA) is 26.0 Å². The maximum atomic E-state index is 5.69. The van der Waals surface area contributed by atoms with Crippen molar-refractivity contribution in [1.82, 2.24) is 0 Å². The summed E-state index contributed by atoms with van der Waals surface area (Å²) in [4.78, 5) is 0. The Balaban J connectivity index is 2.96. The molecule has 3 heteroatoms. The number of hydrogen-bond donors (Lipinski definition) is 1. The van der Waals surface area contributed by atoms with E-state index in [-0.39, 0.29) is 0 Å². The second-order valence-corrected chi connectivity index (χ2v) is 3.91. The molecular formula is C8H10BrNS. The van der Waals surface area contributed by atoms with E-state index in [1.807, 2.05) is 12.1 Å². The Kier molecular flexibility index (Phi) is 3.27. The minimum Gasteiger partial charge on any atom is -0.398 e. The molecule has 11 heavy (non-hydrogen) atoms. The van der Waals surface area contributed by atoms with E-state index in [1.165, 1.54) is 5.56 Å². The summed E-state index contributed by atoms with van der Waals surface area (Å²) in [6.07, 6.45) is 2.08. The number of nitrogens with two attached hydrogens (primary N) is 1. The van der Waals surface area contributed by atoms with E-state index in [0.717, 1.165) is 15.9 Å². The van der Waals surface area contributed by atoms with Crippen molar-refractivity contribution in [3.8, 4) is 0 Å². The molecule has 0 aliphatic heterocycles. The van der Waals surface area contributed by atoms with Crippen LogP contribution in [0.15, 0.2) is 22.7 Å². The highest BCUT2D eigenvalue weighted by Crippen LogP contribution is 2.26. The molecule has 0 aromatic heterocycles. The highest BCUT2D eigenvalue weighted by Gasteiger charge is 2.00. The number of halogens is 1. The molecule has 0 aliphatic carbocycles. The van der Waals surface area contributed by atoms with Crippen LogP contribution in [0.1, 0.15) is 5.56 Å². The van der Waals surface area contributed by atoms with Crippen LogP contribution in [-0.2, 0) is 5.75 Å². The van der Waals surface area contributed by atoms with Gasteiger partial charge in [-0.1, -0.05) is 12.1 Å². The van der Waals surface area contributed by atoms with Crippen molar-refractivity contribution < 1.29 is 0 Å². The minimum atomic E-state index is 0.816. The van der Waals surface area contributed by atoms with Crippen molar-refractivity contribution in [2.45, 2.75) is 5.75 Å². The predicted octanol–water partition coefficient (Wildman–Crippen LogP) is 2.89. The van der Waals surface area contributed by atoms with Crippen molar-refractivity contribution in [3.05, 3.63) is 28.2 Å². The number of nitrogen functional groups attached to an aromatic ring is 1. The van der Waals surface area contributed by atoms with Gasteiger partial charge in [0.1, 0.15) is 0 Å². The van der Waals surface area contributed by atoms with E-state index in [0.29, 0.717) is 0 Å². The molecule has 0 spiro atoms. The van der Waals surface area contributed by atoms with Gasteiger partial charge in [0.25, 0.3) is 0 Å². The maximum absolute atomic E-state index is 5.69. The molecule has 0 aliphatic rings. The molecule has 0 amide bonds. The van der Waals surface area contributed by atoms with Gasteiger partial charge in [-0.3, -0.25) is 0 Å². The zero-order valence-electron chi connectivity index (χ0n) is 6.30. The third-order valence-electron chi connectivity index (χ3n) is 1.41. The Morgan fingerprint density at radius 1 is 1.55 bits per heavy atom. The Hall–Kier alpha value is -0.150. The van der Waals surface area contributed by atoms with Gasteiger partial charge in [0.2, 0.25) is 0 Å².